The van der Waals surface area contributed by atoms with Crippen molar-refractivity contribution >= 4 is 24.8 Å². The maximum atomic E-state index is 6.26. The van der Waals surface area contributed by atoms with Crippen molar-refractivity contribution in [1.29, 1.82) is 0 Å². The molecule has 162 valence electrons. The van der Waals surface area contributed by atoms with Crippen LogP contribution in [0.1, 0.15) is 30.5 Å². The van der Waals surface area contributed by atoms with E-state index in [2.05, 4.69) is 35.3 Å². The van der Waals surface area contributed by atoms with E-state index in [1.807, 2.05) is 24.3 Å². The summed E-state index contributed by atoms with van der Waals surface area (Å²) in [7, 11) is 3.34. The van der Waals surface area contributed by atoms with Crippen LogP contribution in [-0.2, 0) is 6.61 Å². The van der Waals surface area contributed by atoms with Crippen molar-refractivity contribution in [2.24, 2.45) is 0 Å². The Balaban J connectivity index is 0.00000210. The van der Waals surface area contributed by atoms with Gasteiger partial charge in [-0.25, -0.2) is 0 Å². The van der Waals surface area contributed by atoms with Gasteiger partial charge in [0.05, 0.1) is 14.2 Å². The number of rotatable bonds is 8. The van der Waals surface area contributed by atoms with E-state index in [0.717, 1.165) is 55.2 Å². The molecule has 0 aromatic heterocycles. The lowest BCUT2D eigenvalue weighted by Crippen LogP contribution is -2.45. The first-order valence-corrected chi connectivity index (χ1v) is 9.64. The second kappa shape index (κ2) is 12.8. The number of ether oxygens (including phenoxy) is 3. The van der Waals surface area contributed by atoms with Gasteiger partial charge in [-0.05, 0) is 18.1 Å². The summed E-state index contributed by atoms with van der Waals surface area (Å²) in [4.78, 5) is 2.52. The number of nitrogens with one attached hydrogen (secondary N) is 1. The summed E-state index contributed by atoms with van der Waals surface area (Å²) < 4.78 is 17.3. The number of hydrogen-bond acceptors (Lipinski definition) is 5. The highest BCUT2D eigenvalue weighted by molar-refractivity contribution is 5.85. The molecule has 29 heavy (non-hydrogen) atoms. The second-order valence-electron chi connectivity index (χ2n) is 6.73. The zero-order valence-corrected chi connectivity index (χ0v) is 19.0. The molecule has 2 aromatic rings. The van der Waals surface area contributed by atoms with Crippen LogP contribution in [-0.4, -0.2) is 45.3 Å². The van der Waals surface area contributed by atoms with Crippen molar-refractivity contribution < 1.29 is 14.2 Å². The number of hydrogen-bond donors (Lipinski definition) is 1. The smallest absolute Gasteiger partial charge is 0.164 e. The minimum absolute atomic E-state index is 0. The summed E-state index contributed by atoms with van der Waals surface area (Å²) >= 11 is 0. The highest BCUT2D eigenvalue weighted by Gasteiger charge is 2.25. The Hall–Kier alpha value is -1.66. The van der Waals surface area contributed by atoms with Crippen molar-refractivity contribution in [3.05, 3.63) is 53.6 Å². The SMILES string of the molecule is CC[C@H](c1cc(OC)c(OC)cc1OCc1ccccc1)N1CCNCC1.Cl.Cl. The minimum atomic E-state index is 0. The summed E-state index contributed by atoms with van der Waals surface area (Å²) in [6, 6.07) is 14.6. The Morgan fingerprint density at radius 2 is 1.55 bits per heavy atom. The monoisotopic (exact) mass is 442 g/mol. The largest absolute Gasteiger partial charge is 0.493 e. The Morgan fingerprint density at radius 3 is 2.14 bits per heavy atom. The van der Waals surface area contributed by atoms with Gasteiger partial charge < -0.3 is 19.5 Å². The fourth-order valence-electron chi connectivity index (χ4n) is 3.67. The first kappa shape index (κ1) is 25.4. The molecule has 0 spiro atoms. The van der Waals surface area contributed by atoms with Crippen LogP contribution in [0.3, 0.4) is 0 Å². The van der Waals surface area contributed by atoms with Crippen molar-refractivity contribution in [3.63, 3.8) is 0 Å². The first-order chi connectivity index (χ1) is 13.3. The Kier molecular flexibility index (Phi) is 11.2. The van der Waals surface area contributed by atoms with E-state index < -0.39 is 0 Å². The summed E-state index contributed by atoms with van der Waals surface area (Å²) in [5.74, 6) is 2.30. The maximum absolute atomic E-state index is 6.26. The highest BCUT2D eigenvalue weighted by Crippen LogP contribution is 2.40. The van der Waals surface area contributed by atoms with E-state index in [9.17, 15) is 0 Å². The molecule has 3 rings (SSSR count). The Morgan fingerprint density at radius 1 is 0.931 bits per heavy atom. The van der Waals surface area contributed by atoms with Crippen LogP contribution >= 0.6 is 24.8 Å². The summed E-state index contributed by atoms with van der Waals surface area (Å²) in [5, 5.41) is 3.43. The summed E-state index contributed by atoms with van der Waals surface area (Å²) in [6.07, 6.45) is 1.01. The van der Waals surface area contributed by atoms with Crippen LogP contribution in [0.2, 0.25) is 0 Å². The molecule has 1 N–H and O–H groups in total. The molecule has 0 radical (unpaired) electrons. The van der Waals surface area contributed by atoms with Crippen molar-refractivity contribution in [1.82, 2.24) is 10.2 Å². The van der Waals surface area contributed by atoms with Crippen molar-refractivity contribution in [2.75, 3.05) is 40.4 Å². The predicted molar refractivity (Wildman–Crippen MR) is 122 cm³/mol. The lowest BCUT2D eigenvalue weighted by molar-refractivity contribution is 0.164. The van der Waals surface area contributed by atoms with E-state index in [-0.39, 0.29) is 30.9 Å². The zero-order valence-electron chi connectivity index (χ0n) is 17.3. The van der Waals surface area contributed by atoms with Crippen LogP contribution in [0.5, 0.6) is 17.2 Å². The second-order valence-corrected chi connectivity index (χ2v) is 6.73. The molecule has 0 saturated carbocycles. The molecule has 1 heterocycles. The molecular formula is C22H32Cl2N2O3. The molecule has 1 atom stereocenters. The van der Waals surface area contributed by atoms with Crippen molar-refractivity contribution in [3.8, 4) is 17.2 Å². The maximum Gasteiger partial charge on any atom is 0.164 e. The zero-order chi connectivity index (χ0) is 19.1. The minimum Gasteiger partial charge on any atom is -0.493 e. The van der Waals surface area contributed by atoms with Gasteiger partial charge in [0.25, 0.3) is 0 Å². The number of piperazine rings is 1. The van der Waals surface area contributed by atoms with Gasteiger partial charge in [-0.2, -0.15) is 0 Å². The third kappa shape index (κ3) is 6.41. The predicted octanol–water partition coefficient (Wildman–Crippen LogP) is 4.48. The number of halogens is 2. The normalized spacial score (nSPS) is 14.9. The lowest BCUT2D eigenvalue weighted by atomic mass is 10.00. The van der Waals surface area contributed by atoms with Gasteiger partial charge in [-0.3, -0.25) is 4.90 Å². The molecule has 0 aliphatic carbocycles. The Bertz CT molecular complexity index is 725. The molecule has 2 aromatic carbocycles. The van der Waals surface area contributed by atoms with E-state index in [0.29, 0.717) is 12.4 Å². The van der Waals surface area contributed by atoms with Gasteiger partial charge in [0, 0.05) is 43.9 Å². The van der Waals surface area contributed by atoms with Gasteiger partial charge in [-0.15, -0.1) is 24.8 Å². The standard InChI is InChI=1S/C22H30N2O3.2ClH/c1-4-19(24-12-10-23-11-13-24)18-14-21(25-2)22(26-3)15-20(18)27-16-17-8-6-5-7-9-17;;/h5-9,14-15,19,23H,4,10-13,16H2,1-3H3;2*1H/t19-;;/m1../s1. The van der Waals surface area contributed by atoms with E-state index in [4.69, 9.17) is 14.2 Å². The fraction of sp³-hybridized carbons (Fsp3) is 0.455. The molecule has 7 heteroatoms. The van der Waals surface area contributed by atoms with Gasteiger partial charge in [0.15, 0.2) is 11.5 Å². The molecule has 1 aliphatic rings. The van der Waals surface area contributed by atoms with Crippen LogP contribution in [0.25, 0.3) is 0 Å². The first-order valence-electron chi connectivity index (χ1n) is 9.64. The van der Waals surface area contributed by atoms with Gasteiger partial charge in [0.1, 0.15) is 12.4 Å². The topological polar surface area (TPSA) is 43.0 Å². The molecule has 5 nitrogen and oxygen atoms in total. The van der Waals surface area contributed by atoms with Gasteiger partial charge >= 0.3 is 0 Å². The molecular weight excluding hydrogens is 411 g/mol. The van der Waals surface area contributed by atoms with Crippen LogP contribution in [0.4, 0.5) is 0 Å². The van der Waals surface area contributed by atoms with Crippen LogP contribution in [0.15, 0.2) is 42.5 Å². The molecule has 1 fully saturated rings. The summed E-state index contributed by atoms with van der Waals surface area (Å²) in [6.45, 7) is 6.86. The third-order valence-electron chi connectivity index (χ3n) is 5.09. The van der Waals surface area contributed by atoms with Crippen molar-refractivity contribution in [2.45, 2.75) is 26.0 Å². The lowest BCUT2D eigenvalue weighted by Gasteiger charge is -2.35. The van der Waals surface area contributed by atoms with Gasteiger partial charge in [-0.1, -0.05) is 37.3 Å². The van der Waals surface area contributed by atoms with E-state index in [1.54, 1.807) is 14.2 Å². The van der Waals surface area contributed by atoms with E-state index >= 15 is 0 Å². The molecule has 1 aliphatic heterocycles. The Labute approximate surface area is 186 Å². The average molecular weight is 443 g/mol. The number of nitrogens with zero attached hydrogens (tertiary/aromatic N) is 1. The fourth-order valence-corrected chi connectivity index (χ4v) is 3.67. The van der Waals surface area contributed by atoms with Crippen LogP contribution in [0, 0.1) is 0 Å². The molecule has 1 saturated heterocycles. The molecule has 0 unspecified atom stereocenters. The van der Waals surface area contributed by atoms with Gasteiger partial charge in [0.2, 0.25) is 0 Å². The third-order valence-corrected chi connectivity index (χ3v) is 5.09. The quantitative estimate of drug-likeness (QED) is 0.652. The number of methoxy groups -OCH3 is 2. The highest BCUT2D eigenvalue weighted by atomic mass is 35.5. The molecule has 0 bridgehead atoms. The average Bonchev–Trinajstić information content (AvgIpc) is 2.74. The summed E-state index contributed by atoms with van der Waals surface area (Å²) in [5.41, 5.74) is 2.31. The van der Waals surface area contributed by atoms with E-state index in [1.165, 1.54) is 0 Å². The molecule has 0 amide bonds. The van der Waals surface area contributed by atoms with Crippen LogP contribution < -0.4 is 19.5 Å². The number of benzene rings is 2.